The van der Waals surface area contributed by atoms with Crippen molar-refractivity contribution in [2.45, 2.75) is 46.3 Å². The van der Waals surface area contributed by atoms with Crippen LogP contribution < -0.4 is 10.2 Å². The van der Waals surface area contributed by atoms with Crippen molar-refractivity contribution in [1.82, 2.24) is 5.32 Å². The summed E-state index contributed by atoms with van der Waals surface area (Å²) in [4.78, 5) is 1.97. The number of hydrogen-bond donors (Lipinski definition) is 1. The summed E-state index contributed by atoms with van der Waals surface area (Å²) < 4.78 is 39.7. The van der Waals surface area contributed by atoms with Gasteiger partial charge in [0.25, 0.3) is 0 Å². The maximum Gasteiger partial charge on any atom is 0.416 e. The highest BCUT2D eigenvalue weighted by Crippen LogP contribution is 2.34. The number of nitrogens with zero attached hydrogens (tertiary/aromatic N) is 1. The average molecular weight is 302 g/mol. The molecule has 0 unspecified atom stereocenters. The fraction of sp³-hybridized carbons (Fsp3) is 0.625. The highest BCUT2D eigenvalue weighted by atomic mass is 19.4. The lowest BCUT2D eigenvalue weighted by Gasteiger charge is -2.24. The van der Waals surface area contributed by atoms with Gasteiger partial charge in [-0.1, -0.05) is 19.9 Å². The van der Waals surface area contributed by atoms with Crippen molar-refractivity contribution in [3.8, 4) is 0 Å². The zero-order chi connectivity index (χ0) is 15.9. The topological polar surface area (TPSA) is 15.3 Å². The second-order valence-corrected chi connectivity index (χ2v) is 5.10. The van der Waals surface area contributed by atoms with E-state index in [9.17, 15) is 13.2 Å². The van der Waals surface area contributed by atoms with Gasteiger partial charge in [0.05, 0.1) is 5.56 Å². The fourth-order valence-electron chi connectivity index (χ4n) is 2.32. The third-order valence-electron chi connectivity index (χ3n) is 3.38. The van der Waals surface area contributed by atoms with Crippen LogP contribution in [0.1, 0.15) is 44.7 Å². The predicted molar refractivity (Wildman–Crippen MR) is 81.6 cm³/mol. The summed E-state index contributed by atoms with van der Waals surface area (Å²) in [5.41, 5.74) is 0.427. The van der Waals surface area contributed by atoms with Crippen LogP contribution in [-0.4, -0.2) is 19.6 Å². The minimum Gasteiger partial charge on any atom is -0.372 e. The van der Waals surface area contributed by atoms with E-state index in [-0.39, 0.29) is 6.54 Å². The lowest BCUT2D eigenvalue weighted by Crippen LogP contribution is -2.24. The minimum atomic E-state index is -4.31. The van der Waals surface area contributed by atoms with Gasteiger partial charge in [0.1, 0.15) is 0 Å². The number of halogens is 3. The lowest BCUT2D eigenvalue weighted by molar-refractivity contribution is -0.138. The Hall–Kier alpha value is -1.23. The van der Waals surface area contributed by atoms with Gasteiger partial charge in [0.2, 0.25) is 0 Å². The van der Waals surface area contributed by atoms with E-state index in [1.54, 1.807) is 12.1 Å². The molecule has 0 radical (unpaired) electrons. The zero-order valence-corrected chi connectivity index (χ0v) is 13.1. The molecule has 0 spiro atoms. The maximum atomic E-state index is 13.2. The van der Waals surface area contributed by atoms with Crippen molar-refractivity contribution in [2.24, 2.45) is 0 Å². The molecule has 1 N–H and O–H groups in total. The number of benzene rings is 1. The van der Waals surface area contributed by atoms with Gasteiger partial charge in [0.15, 0.2) is 0 Å². The SMILES string of the molecule is CCCNCc1ccc(N(CC)CCC)cc1C(F)(F)F. The van der Waals surface area contributed by atoms with Gasteiger partial charge in [-0.3, -0.25) is 0 Å². The van der Waals surface area contributed by atoms with Crippen LogP contribution in [0.15, 0.2) is 18.2 Å². The van der Waals surface area contributed by atoms with E-state index in [0.29, 0.717) is 17.8 Å². The van der Waals surface area contributed by atoms with E-state index in [1.807, 2.05) is 25.7 Å². The second kappa shape index (κ2) is 8.27. The lowest BCUT2D eigenvalue weighted by atomic mass is 10.0. The normalized spacial score (nSPS) is 11.7. The first kappa shape index (κ1) is 17.8. The summed E-state index contributed by atoms with van der Waals surface area (Å²) in [7, 11) is 0. The molecule has 0 amide bonds. The summed E-state index contributed by atoms with van der Waals surface area (Å²) >= 11 is 0. The van der Waals surface area contributed by atoms with Crippen LogP contribution in [0.2, 0.25) is 0 Å². The van der Waals surface area contributed by atoms with Gasteiger partial charge in [-0.2, -0.15) is 13.2 Å². The molecule has 2 nitrogen and oxygen atoms in total. The van der Waals surface area contributed by atoms with Crippen molar-refractivity contribution in [2.75, 3.05) is 24.5 Å². The third-order valence-corrected chi connectivity index (χ3v) is 3.38. The maximum absolute atomic E-state index is 13.2. The van der Waals surface area contributed by atoms with Gasteiger partial charge in [-0.05, 0) is 44.0 Å². The van der Waals surface area contributed by atoms with Crippen molar-refractivity contribution in [1.29, 1.82) is 0 Å². The van der Waals surface area contributed by atoms with Crippen molar-refractivity contribution in [3.05, 3.63) is 29.3 Å². The molecule has 1 aromatic carbocycles. The number of hydrogen-bond acceptors (Lipinski definition) is 2. The molecule has 0 fully saturated rings. The molecule has 1 rings (SSSR count). The fourth-order valence-corrected chi connectivity index (χ4v) is 2.32. The summed E-state index contributed by atoms with van der Waals surface area (Å²) in [6.45, 7) is 8.42. The molecule has 0 bridgehead atoms. The van der Waals surface area contributed by atoms with E-state index in [0.717, 1.165) is 25.9 Å². The summed E-state index contributed by atoms with van der Waals surface area (Å²) in [5.74, 6) is 0. The van der Waals surface area contributed by atoms with Gasteiger partial charge in [-0.25, -0.2) is 0 Å². The highest BCUT2D eigenvalue weighted by Gasteiger charge is 2.33. The summed E-state index contributed by atoms with van der Waals surface area (Å²) in [6, 6.07) is 4.67. The number of anilines is 1. The smallest absolute Gasteiger partial charge is 0.372 e. The van der Waals surface area contributed by atoms with Crippen molar-refractivity contribution in [3.63, 3.8) is 0 Å². The average Bonchev–Trinajstić information content (AvgIpc) is 2.44. The molecule has 0 heterocycles. The van der Waals surface area contributed by atoms with Crippen LogP contribution in [0, 0.1) is 0 Å². The van der Waals surface area contributed by atoms with E-state index in [2.05, 4.69) is 5.32 Å². The Morgan fingerprint density at radius 2 is 1.81 bits per heavy atom. The van der Waals surface area contributed by atoms with Gasteiger partial charge in [-0.15, -0.1) is 0 Å². The molecule has 0 saturated heterocycles. The molecule has 1 aromatic rings. The molecular formula is C16H25F3N2. The quantitative estimate of drug-likeness (QED) is 0.714. The summed E-state index contributed by atoms with van der Waals surface area (Å²) in [5, 5.41) is 3.04. The number of alkyl halides is 3. The van der Waals surface area contributed by atoms with E-state index >= 15 is 0 Å². The van der Waals surface area contributed by atoms with Crippen molar-refractivity contribution < 1.29 is 13.2 Å². The minimum absolute atomic E-state index is 0.253. The van der Waals surface area contributed by atoms with Crippen LogP contribution in [-0.2, 0) is 12.7 Å². The monoisotopic (exact) mass is 302 g/mol. The molecule has 0 aliphatic heterocycles. The molecule has 0 aliphatic carbocycles. The van der Waals surface area contributed by atoms with Gasteiger partial charge in [0, 0.05) is 25.3 Å². The molecule has 0 atom stereocenters. The number of nitrogens with one attached hydrogen (secondary N) is 1. The Balaban J connectivity index is 3.06. The standard InChI is InChI=1S/C16H25F3N2/c1-4-9-20-12-13-7-8-14(21(6-3)10-5-2)11-15(13)16(17,18)19/h7-8,11,20H,4-6,9-10,12H2,1-3H3. The van der Waals surface area contributed by atoms with Crippen LogP contribution in [0.3, 0.4) is 0 Å². The van der Waals surface area contributed by atoms with E-state index in [1.165, 1.54) is 6.07 Å². The van der Waals surface area contributed by atoms with Crippen molar-refractivity contribution >= 4 is 5.69 Å². The second-order valence-electron chi connectivity index (χ2n) is 5.10. The Morgan fingerprint density at radius 1 is 1.10 bits per heavy atom. The molecule has 0 aromatic heterocycles. The Morgan fingerprint density at radius 3 is 2.33 bits per heavy atom. The predicted octanol–water partition coefficient (Wildman–Crippen LogP) is 4.44. The largest absolute Gasteiger partial charge is 0.416 e. The van der Waals surface area contributed by atoms with Gasteiger partial charge >= 0.3 is 6.18 Å². The van der Waals surface area contributed by atoms with Crippen LogP contribution in [0.5, 0.6) is 0 Å². The molecule has 5 heteroatoms. The van der Waals surface area contributed by atoms with Crippen LogP contribution in [0.4, 0.5) is 18.9 Å². The van der Waals surface area contributed by atoms with Gasteiger partial charge < -0.3 is 10.2 Å². The Kier molecular flexibility index (Phi) is 7.02. The summed E-state index contributed by atoms with van der Waals surface area (Å²) in [6.07, 6.45) is -2.50. The molecule has 0 saturated carbocycles. The highest BCUT2D eigenvalue weighted by molar-refractivity contribution is 5.52. The van der Waals surface area contributed by atoms with Crippen LogP contribution in [0.25, 0.3) is 0 Å². The zero-order valence-electron chi connectivity index (χ0n) is 13.1. The first-order valence-electron chi connectivity index (χ1n) is 7.59. The first-order chi connectivity index (χ1) is 9.93. The first-order valence-corrected chi connectivity index (χ1v) is 7.59. The molecule has 0 aliphatic rings. The molecule has 21 heavy (non-hydrogen) atoms. The Bertz CT molecular complexity index is 430. The van der Waals surface area contributed by atoms with E-state index in [4.69, 9.17) is 0 Å². The third kappa shape index (κ3) is 5.23. The van der Waals surface area contributed by atoms with Crippen LogP contribution >= 0.6 is 0 Å². The Labute approximate surface area is 125 Å². The molecule has 120 valence electrons. The number of rotatable bonds is 8. The van der Waals surface area contributed by atoms with E-state index < -0.39 is 11.7 Å². The molecular weight excluding hydrogens is 277 g/mol.